The highest BCUT2D eigenvalue weighted by Gasteiger charge is 2.24. The third-order valence-electron chi connectivity index (χ3n) is 5.45. The Morgan fingerprint density at radius 1 is 1.33 bits per heavy atom. The second kappa shape index (κ2) is 10.7. The predicted octanol–water partition coefficient (Wildman–Crippen LogP) is 1.88. The molecule has 27 heavy (non-hydrogen) atoms. The first-order valence-corrected chi connectivity index (χ1v) is 10.0. The van der Waals surface area contributed by atoms with Gasteiger partial charge in [-0.25, -0.2) is 4.98 Å². The summed E-state index contributed by atoms with van der Waals surface area (Å²) in [6, 6.07) is 4.04. The molecule has 0 atom stereocenters. The van der Waals surface area contributed by atoms with Crippen LogP contribution in [0.5, 0.6) is 0 Å². The van der Waals surface area contributed by atoms with Crippen LogP contribution in [0.25, 0.3) is 0 Å². The van der Waals surface area contributed by atoms with Crippen LogP contribution in [0.15, 0.2) is 23.3 Å². The molecule has 0 unspecified atom stereocenters. The van der Waals surface area contributed by atoms with Crippen LogP contribution in [0.3, 0.4) is 0 Å². The largest absolute Gasteiger partial charge is 0.369 e. The number of aliphatic imine (C=N–C) groups is 1. The molecular weight excluding hydrogens is 340 g/mol. The molecule has 2 rings (SSSR count). The number of hydrogen-bond acceptors (Lipinski definition) is 4. The van der Waals surface area contributed by atoms with Gasteiger partial charge < -0.3 is 21.3 Å². The molecule has 0 spiro atoms. The lowest BCUT2D eigenvalue weighted by molar-refractivity contribution is -0.122. The minimum atomic E-state index is -0.190. The second-order valence-corrected chi connectivity index (χ2v) is 7.14. The van der Waals surface area contributed by atoms with Crippen molar-refractivity contribution < 1.29 is 4.79 Å². The number of carbonyl (C=O) groups is 1. The van der Waals surface area contributed by atoms with Gasteiger partial charge in [-0.15, -0.1) is 0 Å². The van der Waals surface area contributed by atoms with E-state index in [0.29, 0.717) is 12.5 Å². The first-order chi connectivity index (χ1) is 13.1. The molecule has 0 aromatic carbocycles. The molecule has 150 valence electrons. The molecule has 1 fully saturated rings. The normalized spacial score (nSPS) is 15.9. The van der Waals surface area contributed by atoms with E-state index in [9.17, 15) is 4.79 Å². The van der Waals surface area contributed by atoms with Crippen LogP contribution in [0.1, 0.15) is 45.1 Å². The Kier molecular flexibility index (Phi) is 8.36. The van der Waals surface area contributed by atoms with E-state index in [1.54, 1.807) is 7.05 Å². The number of anilines is 1. The molecule has 1 aromatic rings. The van der Waals surface area contributed by atoms with Crippen molar-refractivity contribution in [3.05, 3.63) is 23.9 Å². The number of nitrogens with zero attached hydrogens (tertiary/aromatic N) is 3. The van der Waals surface area contributed by atoms with E-state index in [1.165, 1.54) is 0 Å². The maximum Gasteiger partial charge on any atom is 0.220 e. The van der Waals surface area contributed by atoms with Gasteiger partial charge in [-0.1, -0.05) is 32.8 Å². The van der Waals surface area contributed by atoms with Gasteiger partial charge in [0.25, 0.3) is 0 Å². The van der Waals surface area contributed by atoms with Gasteiger partial charge in [0.05, 0.1) is 0 Å². The van der Waals surface area contributed by atoms with Crippen LogP contribution < -0.4 is 21.3 Å². The van der Waals surface area contributed by atoms with Crippen LogP contribution in [0.2, 0.25) is 0 Å². The average molecular weight is 375 g/mol. The number of hydrogen-bond donors (Lipinski definition) is 3. The first-order valence-electron chi connectivity index (χ1n) is 10.0. The molecule has 4 N–H and O–H groups in total. The van der Waals surface area contributed by atoms with E-state index < -0.39 is 0 Å². The Morgan fingerprint density at radius 3 is 2.63 bits per heavy atom. The Labute approximate surface area is 162 Å². The average Bonchev–Trinajstić information content (AvgIpc) is 2.71. The minimum absolute atomic E-state index is 0.0142. The van der Waals surface area contributed by atoms with Gasteiger partial charge in [-0.05, 0) is 24.8 Å². The van der Waals surface area contributed by atoms with Crippen molar-refractivity contribution in [2.75, 3.05) is 31.6 Å². The topological polar surface area (TPSA) is 95.6 Å². The second-order valence-electron chi connectivity index (χ2n) is 7.14. The molecule has 1 saturated heterocycles. The number of guanidine groups is 1. The lowest BCUT2D eigenvalue weighted by Gasteiger charge is -2.32. The third-order valence-corrected chi connectivity index (χ3v) is 5.45. The summed E-state index contributed by atoms with van der Waals surface area (Å²) in [6.45, 7) is 7.62. The Hall–Kier alpha value is -2.31. The molecule has 0 bridgehead atoms. The minimum Gasteiger partial charge on any atom is -0.369 e. The molecule has 7 heteroatoms. The molecule has 0 radical (unpaired) electrons. The quantitative estimate of drug-likeness (QED) is 0.477. The molecule has 1 aromatic heterocycles. The lowest BCUT2D eigenvalue weighted by Crippen LogP contribution is -2.41. The summed E-state index contributed by atoms with van der Waals surface area (Å²) in [7, 11) is 1.79. The smallest absolute Gasteiger partial charge is 0.220 e. The first kappa shape index (κ1) is 21.0. The molecule has 0 saturated carbocycles. The molecular formula is C20H34N6O. The highest BCUT2D eigenvalue weighted by molar-refractivity contribution is 5.79. The van der Waals surface area contributed by atoms with Crippen LogP contribution in [-0.4, -0.2) is 43.5 Å². The van der Waals surface area contributed by atoms with Gasteiger partial charge in [0.15, 0.2) is 5.96 Å². The van der Waals surface area contributed by atoms with E-state index in [1.807, 2.05) is 12.3 Å². The molecule has 1 aliphatic rings. The third kappa shape index (κ3) is 6.12. The van der Waals surface area contributed by atoms with Crippen molar-refractivity contribution in [3.8, 4) is 0 Å². The van der Waals surface area contributed by atoms with Crippen molar-refractivity contribution in [1.82, 2.24) is 15.6 Å². The fourth-order valence-corrected chi connectivity index (χ4v) is 3.45. The fourth-order valence-electron chi connectivity index (χ4n) is 3.45. The number of primary amides is 1. The SMILES string of the molecule is CCC(CC)CNC(=NC)NCc1cccnc1N1CCC(C(N)=O)CC1. The van der Waals surface area contributed by atoms with Crippen LogP contribution in [0.4, 0.5) is 5.82 Å². The molecule has 1 aliphatic heterocycles. The summed E-state index contributed by atoms with van der Waals surface area (Å²) in [5.74, 6) is 2.24. The number of aromatic nitrogens is 1. The Bertz CT molecular complexity index is 621. The number of pyridine rings is 1. The molecule has 7 nitrogen and oxygen atoms in total. The van der Waals surface area contributed by atoms with Crippen LogP contribution in [-0.2, 0) is 11.3 Å². The summed E-state index contributed by atoms with van der Waals surface area (Å²) < 4.78 is 0. The highest BCUT2D eigenvalue weighted by atomic mass is 16.1. The van der Waals surface area contributed by atoms with Gasteiger partial charge >= 0.3 is 0 Å². The maximum absolute atomic E-state index is 11.4. The van der Waals surface area contributed by atoms with E-state index in [4.69, 9.17) is 5.73 Å². The summed E-state index contributed by atoms with van der Waals surface area (Å²) in [5, 5.41) is 6.81. The fraction of sp³-hybridized carbons (Fsp3) is 0.650. The van der Waals surface area contributed by atoms with Gasteiger partial charge in [-0.2, -0.15) is 0 Å². The van der Waals surface area contributed by atoms with E-state index in [0.717, 1.165) is 62.7 Å². The number of nitrogens with two attached hydrogens (primary N) is 1. The standard InChI is InChI=1S/C20H34N6O/c1-4-15(5-2)13-24-20(22-3)25-14-17-7-6-10-23-19(17)26-11-8-16(9-12-26)18(21)27/h6-7,10,15-16H,4-5,8-9,11-14H2,1-3H3,(H2,21,27)(H2,22,24,25). The van der Waals surface area contributed by atoms with E-state index in [-0.39, 0.29) is 11.8 Å². The Balaban J connectivity index is 1.94. The van der Waals surface area contributed by atoms with Crippen LogP contribution >= 0.6 is 0 Å². The van der Waals surface area contributed by atoms with Crippen molar-refractivity contribution >= 4 is 17.7 Å². The maximum atomic E-state index is 11.4. The monoisotopic (exact) mass is 374 g/mol. The number of rotatable bonds is 8. The Morgan fingerprint density at radius 2 is 2.04 bits per heavy atom. The van der Waals surface area contributed by atoms with Gasteiger partial charge in [0, 0.05) is 50.9 Å². The van der Waals surface area contributed by atoms with Crippen molar-refractivity contribution in [2.45, 2.75) is 46.1 Å². The molecule has 0 aliphatic carbocycles. The van der Waals surface area contributed by atoms with E-state index >= 15 is 0 Å². The van der Waals surface area contributed by atoms with Gasteiger partial charge in [-0.3, -0.25) is 9.79 Å². The van der Waals surface area contributed by atoms with Crippen molar-refractivity contribution in [3.63, 3.8) is 0 Å². The zero-order valence-corrected chi connectivity index (χ0v) is 16.9. The van der Waals surface area contributed by atoms with Crippen molar-refractivity contribution in [2.24, 2.45) is 22.6 Å². The summed E-state index contributed by atoms with van der Waals surface area (Å²) in [4.78, 5) is 22.5. The predicted molar refractivity (Wildman–Crippen MR) is 111 cm³/mol. The highest BCUT2D eigenvalue weighted by Crippen LogP contribution is 2.24. The van der Waals surface area contributed by atoms with E-state index in [2.05, 4.69) is 45.4 Å². The summed E-state index contributed by atoms with van der Waals surface area (Å²) >= 11 is 0. The lowest BCUT2D eigenvalue weighted by atomic mass is 9.96. The molecule has 1 amide bonds. The number of carbonyl (C=O) groups excluding carboxylic acids is 1. The number of nitrogens with one attached hydrogen (secondary N) is 2. The summed E-state index contributed by atoms with van der Waals surface area (Å²) in [6.07, 6.45) is 5.72. The zero-order valence-electron chi connectivity index (χ0n) is 16.9. The zero-order chi connectivity index (χ0) is 19.6. The number of amides is 1. The molecule has 2 heterocycles. The number of piperidine rings is 1. The van der Waals surface area contributed by atoms with Crippen LogP contribution in [0, 0.1) is 11.8 Å². The van der Waals surface area contributed by atoms with Gasteiger partial charge in [0.1, 0.15) is 5.82 Å². The van der Waals surface area contributed by atoms with Crippen molar-refractivity contribution in [1.29, 1.82) is 0 Å². The van der Waals surface area contributed by atoms with Gasteiger partial charge in [0.2, 0.25) is 5.91 Å². The summed E-state index contributed by atoms with van der Waals surface area (Å²) in [5.41, 5.74) is 6.57.